The van der Waals surface area contributed by atoms with Gasteiger partial charge < -0.3 is 20.1 Å². The van der Waals surface area contributed by atoms with Crippen molar-refractivity contribution in [2.24, 2.45) is 0 Å². The van der Waals surface area contributed by atoms with E-state index >= 15 is 0 Å². The number of nitrogens with zero attached hydrogens (tertiary/aromatic N) is 2. The number of ether oxygens (including phenoxy) is 2. The second-order valence-corrected chi connectivity index (χ2v) is 10.8. The van der Waals surface area contributed by atoms with Gasteiger partial charge in [0, 0.05) is 45.1 Å². The molecule has 2 unspecified atom stereocenters. The molecule has 1 fully saturated rings. The molecule has 2 aliphatic heterocycles. The van der Waals surface area contributed by atoms with Crippen molar-refractivity contribution in [2.45, 2.75) is 76.0 Å². The Morgan fingerprint density at radius 2 is 1.97 bits per heavy atom. The number of fused-ring (bicyclic) bond motifs is 2. The van der Waals surface area contributed by atoms with Crippen molar-refractivity contribution in [2.75, 3.05) is 32.8 Å². The van der Waals surface area contributed by atoms with Gasteiger partial charge in [-0.3, -0.25) is 14.7 Å². The average molecular weight is 547 g/mol. The maximum Gasteiger partial charge on any atom is 0.416 e. The van der Waals surface area contributed by atoms with Crippen molar-refractivity contribution in [1.82, 2.24) is 20.5 Å². The molecule has 1 aromatic heterocycles. The number of halogens is 3. The van der Waals surface area contributed by atoms with Crippen molar-refractivity contribution in [3.63, 3.8) is 0 Å². The van der Waals surface area contributed by atoms with Crippen LogP contribution in [0.15, 0.2) is 36.5 Å². The molecule has 3 aliphatic rings. The fourth-order valence-corrected chi connectivity index (χ4v) is 5.77. The van der Waals surface area contributed by atoms with Gasteiger partial charge in [0.1, 0.15) is 6.10 Å². The molecular formula is C29H37F3N4O3. The van der Waals surface area contributed by atoms with Gasteiger partial charge in [0.05, 0.1) is 29.9 Å². The molecule has 0 spiro atoms. The van der Waals surface area contributed by atoms with Crippen LogP contribution >= 0.6 is 0 Å². The lowest BCUT2D eigenvalue weighted by Gasteiger charge is -2.32. The smallest absolute Gasteiger partial charge is 0.381 e. The molecule has 3 atom stereocenters. The van der Waals surface area contributed by atoms with Crippen molar-refractivity contribution in [1.29, 1.82) is 0 Å². The minimum Gasteiger partial charge on any atom is -0.381 e. The van der Waals surface area contributed by atoms with E-state index in [0.29, 0.717) is 37.7 Å². The van der Waals surface area contributed by atoms with E-state index in [1.807, 2.05) is 17.9 Å². The normalized spacial score (nSPS) is 21.7. The Hall–Kier alpha value is -2.53. The van der Waals surface area contributed by atoms with Gasteiger partial charge in [-0.05, 0) is 73.9 Å². The molecule has 2 aromatic rings. The Kier molecular flexibility index (Phi) is 8.86. The molecular weight excluding hydrogens is 509 g/mol. The number of rotatable bonds is 9. The highest BCUT2D eigenvalue weighted by Gasteiger charge is 2.33. The van der Waals surface area contributed by atoms with Crippen LogP contribution in [0.2, 0.25) is 0 Å². The predicted molar refractivity (Wildman–Crippen MR) is 140 cm³/mol. The Morgan fingerprint density at radius 1 is 1.15 bits per heavy atom. The molecule has 39 heavy (non-hydrogen) atoms. The molecule has 1 saturated heterocycles. The molecule has 1 aromatic carbocycles. The molecule has 0 saturated carbocycles. The van der Waals surface area contributed by atoms with Crippen LogP contribution < -0.4 is 10.6 Å². The average Bonchev–Trinajstić information content (AvgIpc) is 3.33. The highest BCUT2D eigenvalue weighted by atomic mass is 19.4. The first-order valence-corrected chi connectivity index (χ1v) is 13.9. The van der Waals surface area contributed by atoms with E-state index in [0.717, 1.165) is 56.2 Å². The number of hydrogen-bond acceptors (Lipinski definition) is 6. The monoisotopic (exact) mass is 546 g/mol. The van der Waals surface area contributed by atoms with Gasteiger partial charge in [0.15, 0.2) is 0 Å². The number of hydrogen-bond donors (Lipinski definition) is 2. The van der Waals surface area contributed by atoms with Crippen molar-refractivity contribution in [3.8, 4) is 0 Å². The summed E-state index contributed by atoms with van der Waals surface area (Å²) in [4.78, 5) is 19.5. The first-order chi connectivity index (χ1) is 18.8. The van der Waals surface area contributed by atoms with Crippen LogP contribution in [0.3, 0.4) is 0 Å². The lowest BCUT2D eigenvalue weighted by Crippen LogP contribution is -2.51. The molecule has 1 amide bonds. The van der Waals surface area contributed by atoms with E-state index in [9.17, 15) is 18.0 Å². The lowest BCUT2D eigenvalue weighted by atomic mass is 9.97. The van der Waals surface area contributed by atoms with E-state index in [4.69, 9.17) is 9.47 Å². The summed E-state index contributed by atoms with van der Waals surface area (Å²) in [5.74, 6) is -0.164. The van der Waals surface area contributed by atoms with Gasteiger partial charge in [-0.1, -0.05) is 12.1 Å². The quantitative estimate of drug-likeness (QED) is 0.499. The van der Waals surface area contributed by atoms with Crippen molar-refractivity contribution >= 4 is 5.91 Å². The maximum atomic E-state index is 13.2. The van der Waals surface area contributed by atoms with E-state index in [-0.39, 0.29) is 30.7 Å². The second-order valence-electron chi connectivity index (χ2n) is 10.8. The summed E-state index contributed by atoms with van der Waals surface area (Å²) in [6.45, 7) is 5.06. The van der Waals surface area contributed by atoms with Crippen molar-refractivity contribution < 1.29 is 27.4 Å². The summed E-state index contributed by atoms with van der Waals surface area (Å²) in [6, 6.07) is 8.00. The topological polar surface area (TPSA) is 75.7 Å². The molecule has 212 valence electrons. The largest absolute Gasteiger partial charge is 0.416 e. The number of carbonyl (C=O) groups excluding carboxylic acids is 1. The minimum absolute atomic E-state index is 0.119. The standard InChI is InChI=1S/C29H37F3N4O3/c1-19(35-27(37)18-36-12-8-20-4-6-23(29(30,31)32)15-22(20)17-36)26(16-34-24-9-13-38-14-10-24)39-25-7-5-21-3-2-11-33-28(21)25/h2-4,6,11,15,19,24-26,34H,5,7-10,12-14,16-18H2,1H3,(H,35,37)/t19?,25?,26-/m0/s1. The van der Waals surface area contributed by atoms with E-state index in [2.05, 4.69) is 21.7 Å². The van der Waals surface area contributed by atoms with Gasteiger partial charge in [-0.15, -0.1) is 0 Å². The van der Waals surface area contributed by atoms with Crippen LogP contribution in [0.1, 0.15) is 60.2 Å². The Balaban J connectivity index is 1.20. The fourth-order valence-electron chi connectivity index (χ4n) is 5.77. The summed E-state index contributed by atoms with van der Waals surface area (Å²) in [5.41, 5.74) is 3.06. The molecule has 7 nitrogen and oxygen atoms in total. The zero-order valence-corrected chi connectivity index (χ0v) is 22.3. The summed E-state index contributed by atoms with van der Waals surface area (Å²) in [7, 11) is 0. The van der Waals surface area contributed by atoms with E-state index in [1.54, 1.807) is 12.3 Å². The van der Waals surface area contributed by atoms with Crippen LogP contribution in [0.5, 0.6) is 0 Å². The fraction of sp³-hybridized carbons (Fsp3) is 0.586. The summed E-state index contributed by atoms with van der Waals surface area (Å²) >= 11 is 0. The molecule has 3 heterocycles. The zero-order valence-electron chi connectivity index (χ0n) is 22.3. The van der Waals surface area contributed by atoms with E-state index in [1.165, 1.54) is 11.6 Å². The first-order valence-electron chi connectivity index (χ1n) is 13.9. The minimum atomic E-state index is -4.38. The number of pyridine rings is 1. The van der Waals surface area contributed by atoms with Gasteiger partial charge >= 0.3 is 6.18 Å². The van der Waals surface area contributed by atoms with Gasteiger partial charge in [-0.25, -0.2) is 0 Å². The van der Waals surface area contributed by atoms with E-state index < -0.39 is 11.7 Å². The van der Waals surface area contributed by atoms with Crippen LogP contribution in [0.25, 0.3) is 0 Å². The Morgan fingerprint density at radius 3 is 2.77 bits per heavy atom. The number of aromatic nitrogens is 1. The number of benzene rings is 1. The summed E-state index contributed by atoms with van der Waals surface area (Å²) in [6.07, 6.45) is 1.28. The second kappa shape index (κ2) is 12.3. The Labute approximate surface area is 227 Å². The van der Waals surface area contributed by atoms with Gasteiger partial charge in [0.2, 0.25) is 5.91 Å². The number of amides is 1. The molecule has 10 heteroatoms. The molecule has 0 bridgehead atoms. The summed E-state index contributed by atoms with van der Waals surface area (Å²) in [5, 5.41) is 6.71. The number of carbonyl (C=O) groups is 1. The predicted octanol–water partition coefficient (Wildman–Crippen LogP) is 3.80. The van der Waals surface area contributed by atoms with Crippen LogP contribution in [-0.2, 0) is 39.8 Å². The number of nitrogens with one attached hydrogen (secondary N) is 2. The third kappa shape index (κ3) is 7.16. The zero-order chi connectivity index (χ0) is 27.4. The molecule has 5 rings (SSSR count). The third-order valence-electron chi connectivity index (χ3n) is 8.01. The van der Waals surface area contributed by atoms with Gasteiger partial charge in [0.25, 0.3) is 0 Å². The molecule has 0 radical (unpaired) electrons. The lowest BCUT2D eigenvalue weighted by molar-refractivity contribution is -0.137. The van der Waals surface area contributed by atoms with Gasteiger partial charge in [-0.2, -0.15) is 13.2 Å². The number of alkyl halides is 3. The molecule has 1 aliphatic carbocycles. The Bertz CT molecular complexity index is 1140. The maximum absolute atomic E-state index is 13.2. The first kappa shape index (κ1) is 28.0. The molecule has 2 N–H and O–H groups in total. The highest BCUT2D eigenvalue weighted by molar-refractivity contribution is 5.78. The van der Waals surface area contributed by atoms with Crippen LogP contribution in [0, 0.1) is 0 Å². The van der Waals surface area contributed by atoms with Crippen molar-refractivity contribution in [3.05, 3.63) is 64.5 Å². The van der Waals surface area contributed by atoms with Crippen LogP contribution in [-0.4, -0.2) is 66.8 Å². The SMILES string of the molecule is CC(NC(=O)CN1CCc2ccc(C(F)(F)F)cc2C1)[C@H](CNC1CCOCC1)OC1CCc2cccnc21. The van der Waals surface area contributed by atoms with Crippen LogP contribution in [0.4, 0.5) is 13.2 Å². The third-order valence-corrected chi connectivity index (χ3v) is 8.01. The highest BCUT2D eigenvalue weighted by Crippen LogP contribution is 2.34. The summed E-state index contributed by atoms with van der Waals surface area (Å²) < 4.78 is 51.6. The number of aryl methyl sites for hydroxylation is 1.